The summed E-state index contributed by atoms with van der Waals surface area (Å²) in [7, 11) is 0. The van der Waals surface area contributed by atoms with Gasteiger partial charge in [0.1, 0.15) is 24.7 Å². The van der Waals surface area contributed by atoms with Gasteiger partial charge < -0.3 is 5.32 Å². The van der Waals surface area contributed by atoms with E-state index in [0.717, 1.165) is 10.4 Å². The number of nitrogens with zero attached hydrogens (tertiary/aromatic N) is 6. The fourth-order valence-electron chi connectivity index (χ4n) is 2.50. The zero-order valence-electron chi connectivity index (χ0n) is 13.5. The third-order valence-electron chi connectivity index (χ3n) is 3.76. The number of rotatable bonds is 4. The number of aromatic nitrogens is 6. The number of carbonyl (C=O) groups excluding carboxylic acids is 1. The molecule has 128 valence electrons. The monoisotopic (exact) mass is 347 g/mol. The number of benzene rings is 2. The Labute approximate surface area is 146 Å². The second kappa shape index (κ2) is 6.55. The third kappa shape index (κ3) is 3.05. The summed E-state index contributed by atoms with van der Waals surface area (Å²) in [6.07, 6.45) is 3.02. The second-order valence-corrected chi connectivity index (χ2v) is 5.50. The predicted molar refractivity (Wildman–Crippen MR) is 93.8 cm³/mol. The highest BCUT2D eigenvalue weighted by Gasteiger charge is 2.10. The average Bonchev–Trinajstić information content (AvgIpc) is 3.20. The lowest BCUT2D eigenvalue weighted by Gasteiger charge is -2.07. The normalized spacial score (nSPS) is 10.8. The van der Waals surface area contributed by atoms with E-state index >= 15 is 0 Å². The number of nitrogens with one attached hydrogen (secondary N) is 1. The molecule has 0 aliphatic carbocycles. The summed E-state index contributed by atoms with van der Waals surface area (Å²) in [5.74, 6) is -0.370. The van der Waals surface area contributed by atoms with E-state index in [1.54, 1.807) is 59.5 Å². The molecule has 1 amide bonds. The number of anilines is 1. The van der Waals surface area contributed by atoms with Crippen LogP contribution in [0.25, 0.3) is 16.6 Å². The van der Waals surface area contributed by atoms with E-state index in [1.807, 2.05) is 0 Å². The molecule has 0 saturated carbocycles. The Hall–Kier alpha value is -3.88. The standard InChI is InChI=1S/C17H13N7O2/c25-16(9-23-17(26)14-3-1-2-4-15(14)21-22-23)20-12-5-7-13(8-6-12)24-11-18-10-19-24/h1-8,10-11H,9H2,(H,20,25). The van der Waals surface area contributed by atoms with Gasteiger partial charge in [0.15, 0.2) is 0 Å². The van der Waals surface area contributed by atoms with Crippen molar-refractivity contribution >= 4 is 22.5 Å². The van der Waals surface area contributed by atoms with Crippen LogP contribution in [0.2, 0.25) is 0 Å². The summed E-state index contributed by atoms with van der Waals surface area (Å²) in [6, 6.07) is 13.9. The molecule has 0 saturated heterocycles. The van der Waals surface area contributed by atoms with Gasteiger partial charge in [0, 0.05) is 5.69 Å². The van der Waals surface area contributed by atoms with Crippen LogP contribution in [0.1, 0.15) is 0 Å². The van der Waals surface area contributed by atoms with Crippen LogP contribution >= 0.6 is 0 Å². The first-order chi connectivity index (χ1) is 12.7. The van der Waals surface area contributed by atoms with Gasteiger partial charge in [0.2, 0.25) is 5.91 Å². The summed E-state index contributed by atoms with van der Waals surface area (Å²) in [4.78, 5) is 28.5. The average molecular weight is 347 g/mol. The second-order valence-electron chi connectivity index (χ2n) is 5.50. The Morgan fingerprint density at radius 1 is 1.08 bits per heavy atom. The topological polar surface area (TPSA) is 108 Å². The van der Waals surface area contributed by atoms with Crippen molar-refractivity contribution in [3.05, 3.63) is 71.5 Å². The molecule has 0 aliphatic rings. The van der Waals surface area contributed by atoms with Gasteiger partial charge in [-0.15, -0.1) is 5.10 Å². The van der Waals surface area contributed by atoms with E-state index in [4.69, 9.17) is 0 Å². The Balaban J connectivity index is 1.49. The summed E-state index contributed by atoms with van der Waals surface area (Å²) >= 11 is 0. The molecule has 0 spiro atoms. The van der Waals surface area contributed by atoms with E-state index in [1.165, 1.54) is 6.33 Å². The molecule has 2 heterocycles. The zero-order valence-corrected chi connectivity index (χ0v) is 13.5. The minimum absolute atomic E-state index is 0.221. The van der Waals surface area contributed by atoms with E-state index in [9.17, 15) is 9.59 Å². The van der Waals surface area contributed by atoms with Crippen LogP contribution in [0, 0.1) is 0 Å². The minimum Gasteiger partial charge on any atom is -0.324 e. The fraction of sp³-hybridized carbons (Fsp3) is 0.0588. The van der Waals surface area contributed by atoms with E-state index < -0.39 is 0 Å². The zero-order chi connectivity index (χ0) is 17.9. The molecule has 0 aliphatic heterocycles. The Morgan fingerprint density at radius 3 is 2.65 bits per heavy atom. The van der Waals surface area contributed by atoms with Gasteiger partial charge in [-0.05, 0) is 36.4 Å². The highest BCUT2D eigenvalue weighted by molar-refractivity contribution is 5.90. The largest absolute Gasteiger partial charge is 0.324 e. The Bertz CT molecular complexity index is 1120. The molecular formula is C17H13N7O2. The maximum atomic E-state index is 12.4. The maximum Gasteiger partial charge on any atom is 0.278 e. The molecule has 0 fully saturated rings. The smallest absolute Gasteiger partial charge is 0.278 e. The van der Waals surface area contributed by atoms with Gasteiger partial charge in [0.25, 0.3) is 5.56 Å². The molecule has 4 aromatic rings. The van der Waals surface area contributed by atoms with Gasteiger partial charge in [0.05, 0.1) is 11.1 Å². The molecule has 2 aromatic heterocycles. The van der Waals surface area contributed by atoms with Crippen molar-refractivity contribution < 1.29 is 4.79 Å². The predicted octanol–water partition coefficient (Wildman–Crippen LogP) is 1.01. The fourth-order valence-corrected chi connectivity index (χ4v) is 2.50. The summed E-state index contributed by atoms with van der Waals surface area (Å²) < 4.78 is 2.65. The minimum atomic E-state index is -0.370. The Kier molecular flexibility index (Phi) is 3.94. The first-order valence-electron chi connectivity index (χ1n) is 7.78. The number of fused-ring (bicyclic) bond motifs is 1. The van der Waals surface area contributed by atoms with Crippen molar-refractivity contribution in [2.24, 2.45) is 0 Å². The van der Waals surface area contributed by atoms with Gasteiger partial charge >= 0.3 is 0 Å². The number of hydrogen-bond acceptors (Lipinski definition) is 6. The summed E-state index contributed by atoms with van der Waals surface area (Å²) in [6.45, 7) is -0.221. The molecule has 4 rings (SSSR count). The van der Waals surface area contributed by atoms with Gasteiger partial charge in [-0.3, -0.25) is 9.59 Å². The molecule has 1 N–H and O–H groups in total. The lowest BCUT2D eigenvalue weighted by molar-refractivity contribution is -0.117. The summed E-state index contributed by atoms with van der Waals surface area (Å²) in [5.41, 5.74) is 1.56. The van der Waals surface area contributed by atoms with Crippen LogP contribution in [-0.2, 0) is 11.3 Å². The first kappa shape index (κ1) is 15.6. The van der Waals surface area contributed by atoms with Crippen molar-refractivity contribution in [2.45, 2.75) is 6.54 Å². The van der Waals surface area contributed by atoms with Crippen LogP contribution in [0.15, 0.2) is 66.0 Å². The van der Waals surface area contributed by atoms with E-state index in [2.05, 4.69) is 25.7 Å². The third-order valence-corrected chi connectivity index (χ3v) is 3.76. The van der Waals surface area contributed by atoms with Crippen molar-refractivity contribution in [1.29, 1.82) is 0 Å². The van der Waals surface area contributed by atoms with Crippen LogP contribution in [0.5, 0.6) is 0 Å². The molecule has 0 atom stereocenters. The molecule has 0 bridgehead atoms. The van der Waals surface area contributed by atoms with Crippen LogP contribution < -0.4 is 10.9 Å². The molecule has 0 radical (unpaired) electrons. The van der Waals surface area contributed by atoms with Crippen molar-refractivity contribution in [2.75, 3.05) is 5.32 Å². The highest BCUT2D eigenvalue weighted by atomic mass is 16.2. The molecule has 26 heavy (non-hydrogen) atoms. The molecule has 9 heteroatoms. The van der Waals surface area contributed by atoms with Crippen LogP contribution in [-0.4, -0.2) is 35.7 Å². The van der Waals surface area contributed by atoms with Crippen molar-refractivity contribution in [1.82, 2.24) is 29.8 Å². The molecule has 2 aromatic carbocycles. The molecular weight excluding hydrogens is 334 g/mol. The SMILES string of the molecule is O=C(Cn1nnc2ccccc2c1=O)Nc1ccc(-n2cncn2)cc1. The van der Waals surface area contributed by atoms with Gasteiger partial charge in [-0.1, -0.05) is 17.3 Å². The van der Waals surface area contributed by atoms with E-state index in [-0.39, 0.29) is 18.0 Å². The van der Waals surface area contributed by atoms with Gasteiger partial charge in [-0.25, -0.2) is 14.3 Å². The van der Waals surface area contributed by atoms with Crippen molar-refractivity contribution in [3.8, 4) is 5.69 Å². The number of carbonyl (C=O) groups is 1. The first-order valence-corrected chi connectivity index (χ1v) is 7.78. The molecule has 9 nitrogen and oxygen atoms in total. The van der Waals surface area contributed by atoms with E-state index in [0.29, 0.717) is 16.6 Å². The number of amides is 1. The van der Waals surface area contributed by atoms with Gasteiger partial charge in [-0.2, -0.15) is 5.10 Å². The maximum absolute atomic E-state index is 12.4. The summed E-state index contributed by atoms with van der Waals surface area (Å²) in [5, 5.41) is 15.0. The highest BCUT2D eigenvalue weighted by Crippen LogP contribution is 2.12. The molecule has 0 unspecified atom stereocenters. The number of hydrogen-bond donors (Lipinski definition) is 1. The quantitative estimate of drug-likeness (QED) is 0.590. The van der Waals surface area contributed by atoms with Crippen LogP contribution in [0.3, 0.4) is 0 Å². The lowest BCUT2D eigenvalue weighted by Crippen LogP contribution is -2.30. The Morgan fingerprint density at radius 2 is 1.88 bits per heavy atom. The van der Waals surface area contributed by atoms with Crippen molar-refractivity contribution in [3.63, 3.8) is 0 Å². The lowest BCUT2D eigenvalue weighted by atomic mass is 10.2. The van der Waals surface area contributed by atoms with Crippen LogP contribution in [0.4, 0.5) is 5.69 Å².